The lowest BCUT2D eigenvalue weighted by atomic mass is 10.5. The molecule has 0 bridgehead atoms. The molecule has 5 nitrogen and oxygen atoms in total. The van der Waals surface area contributed by atoms with Crippen molar-refractivity contribution in [3.63, 3.8) is 0 Å². The molecule has 0 unspecified atom stereocenters. The zero-order valence-electron chi connectivity index (χ0n) is 7.73. The molecule has 0 saturated carbocycles. The minimum Gasteiger partial charge on any atom is -0.337 e. The van der Waals surface area contributed by atoms with E-state index in [0.29, 0.717) is 18.3 Å². The highest BCUT2D eigenvalue weighted by Gasteiger charge is 2.08. The first-order valence-electron chi connectivity index (χ1n) is 4.32. The number of aromatic nitrogens is 3. The highest BCUT2D eigenvalue weighted by Crippen LogP contribution is 2.14. The Morgan fingerprint density at radius 2 is 2.50 bits per heavy atom. The molecule has 0 radical (unpaired) electrons. The summed E-state index contributed by atoms with van der Waals surface area (Å²) in [7, 11) is 0. The molecule has 0 spiro atoms. The Bertz CT molecular complexity index is 384. The van der Waals surface area contributed by atoms with E-state index >= 15 is 0 Å². The van der Waals surface area contributed by atoms with Gasteiger partial charge in [-0.05, 0) is 6.54 Å². The molecular formula is C8H10N4OS. The number of hydrogen-bond donors (Lipinski definition) is 1. The van der Waals surface area contributed by atoms with Gasteiger partial charge >= 0.3 is 0 Å². The zero-order chi connectivity index (χ0) is 9.80. The molecule has 1 N–H and O–H groups in total. The third-order valence-electron chi connectivity index (χ3n) is 1.66. The van der Waals surface area contributed by atoms with Gasteiger partial charge in [-0.15, -0.1) is 11.3 Å². The summed E-state index contributed by atoms with van der Waals surface area (Å²) in [5, 5.41) is 8.83. The number of nitrogens with zero attached hydrogens (tertiary/aromatic N) is 3. The Labute approximate surface area is 85.2 Å². The number of thiazole rings is 1. The van der Waals surface area contributed by atoms with E-state index in [2.05, 4.69) is 20.4 Å². The third-order valence-corrected chi connectivity index (χ3v) is 2.24. The van der Waals surface area contributed by atoms with Crippen LogP contribution in [0.4, 0.5) is 0 Å². The largest absolute Gasteiger partial charge is 0.337 e. The van der Waals surface area contributed by atoms with E-state index in [1.165, 1.54) is 11.3 Å². The van der Waals surface area contributed by atoms with Crippen molar-refractivity contribution in [1.29, 1.82) is 0 Å². The van der Waals surface area contributed by atoms with Crippen LogP contribution in [-0.4, -0.2) is 21.7 Å². The molecule has 0 aliphatic heterocycles. The van der Waals surface area contributed by atoms with Gasteiger partial charge in [0.25, 0.3) is 0 Å². The monoisotopic (exact) mass is 210 g/mol. The van der Waals surface area contributed by atoms with Crippen LogP contribution in [0.1, 0.15) is 12.8 Å². The summed E-state index contributed by atoms with van der Waals surface area (Å²) in [6.07, 6.45) is 0. The van der Waals surface area contributed by atoms with Crippen LogP contribution in [0.5, 0.6) is 0 Å². The second-order valence-electron chi connectivity index (χ2n) is 2.67. The minimum absolute atomic E-state index is 0.555. The van der Waals surface area contributed by atoms with Crippen molar-refractivity contribution in [2.45, 2.75) is 13.5 Å². The van der Waals surface area contributed by atoms with Crippen LogP contribution in [0, 0.1) is 0 Å². The lowest BCUT2D eigenvalue weighted by Gasteiger charge is -1.91. The molecule has 2 aromatic heterocycles. The Morgan fingerprint density at radius 3 is 3.21 bits per heavy atom. The van der Waals surface area contributed by atoms with E-state index in [1.54, 1.807) is 5.51 Å². The zero-order valence-corrected chi connectivity index (χ0v) is 8.54. The first kappa shape index (κ1) is 9.29. The summed E-state index contributed by atoms with van der Waals surface area (Å²) < 4.78 is 5.03. The summed E-state index contributed by atoms with van der Waals surface area (Å²) in [6.45, 7) is 3.51. The molecule has 0 aliphatic carbocycles. The minimum atomic E-state index is 0.555. The van der Waals surface area contributed by atoms with Crippen molar-refractivity contribution in [2.24, 2.45) is 0 Å². The average molecular weight is 210 g/mol. The second-order valence-corrected chi connectivity index (χ2v) is 3.38. The summed E-state index contributed by atoms with van der Waals surface area (Å²) in [6, 6.07) is 0. The lowest BCUT2D eigenvalue weighted by Crippen LogP contribution is -2.11. The molecule has 0 fully saturated rings. The van der Waals surface area contributed by atoms with Crippen LogP contribution in [0.25, 0.3) is 11.5 Å². The maximum atomic E-state index is 5.03. The van der Waals surface area contributed by atoms with Crippen molar-refractivity contribution in [3.05, 3.63) is 16.8 Å². The number of hydrogen-bond acceptors (Lipinski definition) is 6. The average Bonchev–Trinajstić information content (AvgIpc) is 2.85. The van der Waals surface area contributed by atoms with Gasteiger partial charge < -0.3 is 9.84 Å². The van der Waals surface area contributed by atoms with Crippen LogP contribution < -0.4 is 5.32 Å². The van der Waals surface area contributed by atoms with E-state index in [-0.39, 0.29) is 0 Å². The van der Waals surface area contributed by atoms with Gasteiger partial charge in [-0.1, -0.05) is 12.1 Å². The second kappa shape index (κ2) is 4.30. The van der Waals surface area contributed by atoms with Gasteiger partial charge in [0.05, 0.1) is 12.1 Å². The number of nitrogens with one attached hydrogen (secondary N) is 1. The standard InChI is InChI=1S/C8H10N4OS/c1-2-9-3-7-11-8(12-13-7)6-4-14-5-10-6/h4-5,9H,2-3H2,1H3. The maximum absolute atomic E-state index is 5.03. The van der Waals surface area contributed by atoms with Gasteiger partial charge in [-0.25, -0.2) is 4.98 Å². The first-order valence-corrected chi connectivity index (χ1v) is 5.26. The fourth-order valence-corrected chi connectivity index (χ4v) is 1.52. The molecular weight excluding hydrogens is 200 g/mol. The van der Waals surface area contributed by atoms with E-state index < -0.39 is 0 Å². The van der Waals surface area contributed by atoms with Crippen molar-refractivity contribution in [3.8, 4) is 11.5 Å². The molecule has 0 aliphatic rings. The topological polar surface area (TPSA) is 63.8 Å². The smallest absolute Gasteiger partial charge is 0.240 e. The van der Waals surface area contributed by atoms with Crippen molar-refractivity contribution in [2.75, 3.05) is 6.54 Å². The van der Waals surface area contributed by atoms with E-state index in [1.807, 2.05) is 12.3 Å². The molecule has 2 rings (SSSR count). The molecule has 74 valence electrons. The van der Waals surface area contributed by atoms with Gasteiger partial charge in [0.2, 0.25) is 11.7 Å². The van der Waals surface area contributed by atoms with Gasteiger partial charge in [0.15, 0.2) is 0 Å². The third kappa shape index (κ3) is 1.97. The molecule has 0 atom stereocenters. The van der Waals surface area contributed by atoms with Crippen LogP contribution in [0.3, 0.4) is 0 Å². The van der Waals surface area contributed by atoms with Crippen LogP contribution >= 0.6 is 11.3 Å². The molecule has 14 heavy (non-hydrogen) atoms. The van der Waals surface area contributed by atoms with Gasteiger partial charge in [0, 0.05) is 5.38 Å². The van der Waals surface area contributed by atoms with Crippen LogP contribution in [0.15, 0.2) is 15.4 Å². The molecule has 0 aromatic carbocycles. The van der Waals surface area contributed by atoms with Gasteiger partial charge in [-0.3, -0.25) is 0 Å². The van der Waals surface area contributed by atoms with Crippen molar-refractivity contribution >= 4 is 11.3 Å². The van der Waals surface area contributed by atoms with E-state index in [9.17, 15) is 0 Å². The van der Waals surface area contributed by atoms with Gasteiger partial charge in [-0.2, -0.15) is 4.98 Å². The first-order chi connectivity index (χ1) is 6.90. The Kier molecular flexibility index (Phi) is 2.85. The van der Waals surface area contributed by atoms with Crippen molar-refractivity contribution in [1.82, 2.24) is 20.4 Å². The summed E-state index contributed by atoms with van der Waals surface area (Å²) in [5.41, 5.74) is 2.51. The van der Waals surface area contributed by atoms with Crippen LogP contribution in [-0.2, 0) is 6.54 Å². The SMILES string of the molecule is CCNCc1nc(-c2cscn2)no1. The normalized spacial score (nSPS) is 10.6. The Hall–Kier alpha value is -1.27. The fourth-order valence-electron chi connectivity index (χ4n) is 0.986. The predicted octanol–water partition coefficient (Wildman–Crippen LogP) is 1.30. The quantitative estimate of drug-likeness (QED) is 0.824. The lowest BCUT2D eigenvalue weighted by molar-refractivity contribution is 0.369. The van der Waals surface area contributed by atoms with Crippen molar-refractivity contribution < 1.29 is 4.52 Å². The van der Waals surface area contributed by atoms with Crippen LogP contribution in [0.2, 0.25) is 0 Å². The maximum Gasteiger partial charge on any atom is 0.240 e. The predicted molar refractivity (Wildman–Crippen MR) is 52.8 cm³/mol. The molecule has 0 saturated heterocycles. The molecule has 0 amide bonds. The highest BCUT2D eigenvalue weighted by atomic mass is 32.1. The Balaban J connectivity index is 2.10. The van der Waals surface area contributed by atoms with E-state index in [0.717, 1.165) is 12.2 Å². The Morgan fingerprint density at radius 1 is 1.57 bits per heavy atom. The highest BCUT2D eigenvalue weighted by molar-refractivity contribution is 7.07. The summed E-state index contributed by atoms with van der Waals surface area (Å²) in [5.74, 6) is 1.15. The molecule has 2 heterocycles. The molecule has 2 aromatic rings. The van der Waals surface area contributed by atoms with E-state index in [4.69, 9.17) is 4.52 Å². The summed E-state index contributed by atoms with van der Waals surface area (Å²) in [4.78, 5) is 8.29. The molecule has 6 heteroatoms. The summed E-state index contributed by atoms with van der Waals surface area (Å²) >= 11 is 1.51. The van der Waals surface area contributed by atoms with Gasteiger partial charge in [0.1, 0.15) is 5.69 Å². The number of rotatable bonds is 4. The fraction of sp³-hybridized carbons (Fsp3) is 0.375.